The molecule has 6 nitrogen and oxygen atoms in total. The topological polar surface area (TPSA) is 62.5 Å². The summed E-state index contributed by atoms with van der Waals surface area (Å²) in [6, 6.07) is 16.3. The summed E-state index contributed by atoms with van der Waals surface area (Å²) >= 11 is 1.55. The molecule has 152 valence electrons. The van der Waals surface area contributed by atoms with Crippen LogP contribution in [0.25, 0.3) is 16.3 Å². The highest BCUT2D eigenvalue weighted by atomic mass is 32.1. The molecule has 30 heavy (non-hydrogen) atoms. The lowest BCUT2D eigenvalue weighted by molar-refractivity contribution is 0.192. The zero-order chi connectivity index (χ0) is 20.5. The van der Waals surface area contributed by atoms with E-state index in [9.17, 15) is 9.18 Å². The average Bonchev–Trinajstić information content (AvgIpc) is 3.32. The first-order valence-electron chi connectivity index (χ1n) is 9.87. The van der Waals surface area contributed by atoms with Crippen molar-refractivity contribution in [2.24, 2.45) is 0 Å². The van der Waals surface area contributed by atoms with Crippen LogP contribution in [-0.4, -0.2) is 38.6 Å². The number of halogens is 1. The maximum Gasteiger partial charge on any atom is 0.317 e. The fourth-order valence-corrected chi connectivity index (χ4v) is 4.77. The Bertz CT molecular complexity index is 1190. The predicted molar refractivity (Wildman–Crippen MR) is 114 cm³/mol. The number of urea groups is 1. The number of benzene rings is 2. The normalized spacial score (nSPS) is 13.4. The highest BCUT2D eigenvalue weighted by Crippen LogP contribution is 2.29. The summed E-state index contributed by atoms with van der Waals surface area (Å²) in [5.74, 6) is 0.310. The Morgan fingerprint density at radius 1 is 1.13 bits per heavy atom. The van der Waals surface area contributed by atoms with Crippen LogP contribution in [0.5, 0.6) is 0 Å². The molecule has 3 heterocycles. The van der Waals surface area contributed by atoms with Crippen molar-refractivity contribution in [3.8, 4) is 11.4 Å². The van der Waals surface area contributed by atoms with Crippen LogP contribution in [0.1, 0.15) is 16.1 Å². The molecular formula is C22H20FN5OS. The van der Waals surface area contributed by atoms with Crippen LogP contribution in [0.15, 0.2) is 54.6 Å². The fourth-order valence-electron chi connectivity index (χ4n) is 3.65. The van der Waals surface area contributed by atoms with Crippen LogP contribution < -0.4 is 5.32 Å². The molecule has 0 saturated carbocycles. The van der Waals surface area contributed by atoms with Gasteiger partial charge in [-0.2, -0.15) is 4.98 Å². The number of carbonyl (C=O) groups is 1. The van der Waals surface area contributed by atoms with Crippen molar-refractivity contribution in [2.45, 2.75) is 19.4 Å². The highest BCUT2D eigenvalue weighted by Gasteiger charge is 2.26. The molecule has 0 saturated heterocycles. The van der Waals surface area contributed by atoms with Crippen molar-refractivity contribution in [3.05, 3.63) is 76.5 Å². The minimum atomic E-state index is -0.278. The monoisotopic (exact) mass is 421 g/mol. The van der Waals surface area contributed by atoms with E-state index >= 15 is 0 Å². The smallest absolute Gasteiger partial charge is 0.317 e. The SMILES string of the molecule is O=C(NCCc1ccccc1)N1CCc2c(sc3nc(-c4ccc(F)cc4)nn23)C1. The number of nitrogens with one attached hydrogen (secondary N) is 1. The van der Waals surface area contributed by atoms with Crippen molar-refractivity contribution >= 4 is 22.3 Å². The Morgan fingerprint density at radius 2 is 1.93 bits per heavy atom. The third-order valence-corrected chi connectivity index (χ3v) is 6.30. The molecule has 2 aromatic carbocycles. The first-order valence-corrected chi connectivity index (χ1v) is 10.7. The van der Waals surface area contributed by atoms with E-state index in [-0.39, 0.29) is 11.8 Å². The Labute approximate surface area is 177 Å². The van der Waals surface area contributed by atoms with Gasteiger partial charge in [0.15, 0.2) is 5.82 Å². The second-order valence-corrected chi connectivity index (χ2v) is 8.31. The Balaban J connectivity index is 1.25. The summed E-state index contributed by atoms with van der Waals surface area (Å²) in [4.78, 5) is 20.9. The van der Waals surface area contributed by atoms with Crippen LogP contribution in [0.4, 0.5) is 9.18 Å². The summed E-state index contributed by atoms with van der Waals surface area (Å²) in [6.07, 6.45) is 1.54. The first kappa shape index (κ1) is 18.7. The van der Waals surface area contributed by atoms with Gasteiger partial charge in [0.05, 0.1) is 12.2 Å². The third-order valence-electron chi connectivity index (χ3n) is 5.24. The van der Waals surface area contributed by atoms with E-state index in [1.54, 1.807) is 23.5 Å². The number of amides is 2. The molecule has 8 heteroatoms. The zero-order valence-electron chi connectivity index (χ0n) is 16.2. The molecule has 1 aliphatic rings. The molecule has 1 aliphatic heterocycles. The summed E-state index contributed by atoms with van der Waals surface area (Å²) in [5, 5.41) is 7.63. The minimum Gasteiger partial charge on any atom is -0.338 e. The number of hydrogen-bond donors (Lipinski definition) is 1. The van der Waals surface area contributed by atoms with E-state index < -0.39 is 0 Å². The molecule has 0 radical (unpaired) electrons. The van der Waals surface area contributed by atoms with Gasteiger partial charge in [0.2, 0.25) is 4.96 Å². The van der Waals surface area contributed by atoms with Crippen molar-refractivity contribution in [2.75, 3.05) is 13.1 Å². The van der Waals surface area contributed by atoms with Gasteiger partial charge in [-0.15, -0.1) is 5.10 Å². The van der Waals surface area contributed by atoms with Crippen molar-refractivity contribution < 1.29 is 9.18 Å². The Morgan fingerprint density at radius 3 is 2.73 bits per heavy atom. The van der Waals surface area contributed by atoms with Gasteiger partial charge in [0.1, 0.15) is 5.82 Å². The number of fused-ring (bicyclic) bond motifs is 3. The maximum atomic E-state index is 13.2. The van der Waals surface area contributed by atoms with Gasteiger partial charge in [-0.1, -0.05) is 41.7 Å². The van der Waals surface area contributed by atoms with Crippen LogP contribution in [-0.2, 0) is 19.4 Å². The van der Waals surface area contributed by atoms with Crippen LogP contribution in [0, 0.1) is 5.82 Å². The van der Waals surface area contributed by atoms with E-state index in [2.05, 4.69) is 27.5 Å². The van der Waals surface area contributed by atoms with E-state index in [1.807, 2.05) is 27.6 Å². The number of nitrogens with zero attached hydrogens (tertiary/aromatic N) is 4. The molecule has 0 spiro atoms. The molecule has 4 aromatic rings. The molecule has 0 fully saturated rings. The average molecular weight is 422 g/mol. The molecule has 2 amide bonds. The predicted octanol–water partition coefficient (Wildman–Crippen LogP) is 3.91. The molecule has 0 unspecified atom stereocenters. The van der Waals surface area contributed by atoms with Gasteiger partial charge in [-0.05, 0) is 36.2 Å². The van der Waals surface area contributed by atoms with Crippen molar-refractivity contribution in [1.82, 2.24) is 24.8 Å². The second-order valence-electron chi connectivity index (χ2n) is 7.25. The first-order chi connectivity index (χ1) is 14.7. The van der Waals surface area contributed by atoms with Gasteiger partial charge < -0.3 is 10.2 Å². The summed E-state index contributed by atoms with van der Waals surface area (Å²) < 4.78 is 15.0. The molecule has 0 aliphatic carbocycles. The summed E-state index contributed by atoms with van der Waals surface area (Å²) in [6.45, 7) is 1.82. The van der Waals surface area contributed by atoms with Gasteiger partial charge in [0.25, 0.3) is 0 Å². The van der Waals surface area contributed by atoms with Crippen molar-refractivity contribution in [3.63, 3.8) is 0 Å². The molecule has 2 aromatic heterocycles. The zero-order valence-corrected chi connectivity index (χ0v) is 17.0. The Hall–Kier alpha value is -3.26. The number of thiazole rings is 1. The molecule has 1 N–H and O–H groups in total. The number of rotatable bonds is 4. The minimum absolute atomic E-state index is 0.0393. The summed E-state index contributed by atoms with van der Waals surface area (Å²) in [5.41, 5.74) is 3.10. The van der Waals surface area contributed by atoms with Gasteiger partial charge in [-0.3, -0.25) is 0 Å². The third kappa shape index (κ3) is 3.66. The van der Waals surface area contributed by atoms with E-state index in [4.69, 9.17) is 0 Å². The standard InChI is InChI=1S/C22H20FN5OS/c23-17-8-6-16(7-9-17)20-25-22-28(26-20)18-11-13-27(14-19(18)30-22)21(29)24-12-10-15-4-2-1-3-5-15/h1-9H,10-14H2,(H,24,29). The highest BCUT2D eigenvalue weighted by molar-refractivity contribution is 7.17. The summed E-state index contributed by atoms with van der Waals surface area (Å²) in [7, 11) is 0. The van der Waals surface area contributed by atoms with Gasteiger partial charge in [0, 0.05) is 30.0 Å². The van der Waals surface area contributed by atoms with Crippen LogP contribution in [0.2, 0.25) is 0 Å². The van der Waals surface area contributed by atoms with Crippen LogP contribution in [0.3, 0.4) is 0 Å². The van der Waals surface area contributed by atoms with E-state index in [1.165, 1.54) is 17.7 Å². The van der Waals surface area contributed by atoms with E-state index in [0.717, 1.165) is 33.9 Å². The molecular weight excluding hydrogens is 401 g/mol. The largest absolute Gasteiger partial charge is 0.338 e. The molecule has 0 bridgehead atoms. The number of hydrogen-bond acceptors (Lipinski definition) is 4. The fraction of sp³-hybridized carbons (Fsp3) is 0.227. The van der Waals surface area contributed by atoms with Crippen molar-refractivity contribution in [1.29, 1.82) is 0 Å². The molecule has 0 atom stereocenters. The number of carbonyl (C=O) groups excluding carboxylic acids is 1. The quantitative estimate of drug-likeness (QED) is 0.544. The second kappa shape index (κ2) is 7.87. The molecule has 5 rings (SSSR count). The maximum absolute atomic E-state index is 13.2. The lowest BCUT2D eigenvalue weighted by Crippen LogP contribution is -2.43. The lowest BCUT2D eigenvalue weighted by Gasteiger charge is -2.26. The van der Waals surface area contributed by atoms with E-state index in [0.29, 0.717) is 25.5 Å². The number of aromatic nitrogens is 3. The van der Waals surface area contributed by atoms with Crippen LogP contribution >= 0.6 is 11.3 Å². The Kier molecular flexibility index (Phi) is 4.92. The lowest BCUT2D eigenvalue weighted by atomic mass is 10.1. The van der Waals surface area contributed by atoms with Gasteiger partial charge >= 0.3 is 6.03 Å². The van der Waals surface area contributed by atoms with Gasteiger partial charge in [-0.25, -0.2) is 13.7 Å².